The molecule has 1 N–H and O–H groups in total. The molecule has 0 saturated heterocycles. The van der Waals surface area contributed by atoms with Crippen LogP contribution in [-0.4, -0.2) is 16.8 Å². The van der Waals surface area contributed by atoms with E-state index in [2.05, 4.69) is 10.4 Å². The van der Waals surface area contributed by atoms with E-state index in [0.717, 1.165) is 17.8 Å². The molecule has 0 radical (unpaired) electrons. The second kappa shape index (κ2) is 5.50. The lowest BCUT2D eigenvalue weighted by atomic mass is 10.0. The highest BCUT2D eigenvalue weighted by Gasteiger charge is 2.20. The van der Waals surface area contributed by atoms with Crippen molar-refractivity contribution in [2.24, 2.45) is 0 Å². The number of halogens is 2. The minimum Gasteiger partial charge on any atom is -0.308 e. The number of nitrogens with zero attached hydrogens (tertiary/aromatic N) is 2. The summed E-state index contributed by atoms with van der Waals surface area (Å²) in [7, 11) is 1.84. The van der Waals surface area contributed by atoms with E-state index in [0.29, 0.717) is 5.02 Å². The number of aromatic nitrogens is 2. The van der Waals surface area contributed by atoms with Crippen molar-refractivity contribution in [3.63, 3.8) is 0 Å². The third-order valence-corrected chi connectivity index (χ3v) is 3.19. The molecule has 1 aromatic heterocycles. The minimum atomic E-state index is -0.247. The Labute approximate surface area is 111 Å². The summed E-state index contributed by atoms with van der Waals surface area (Å²) in [6.07, 6.45) is 1.63. The van der Waals surface area contributed by atoms with Crippen LogP contribution in [0.5, 0.6) is 0 Å². The molecule has 1 aromatic carbocycles. The van der Waals surface area contributed by atoms with Crippen molar-refractivity contribution in [1.29, 1.82) is 0 Å². The first-order valence-electron chi connectivity index (χ1n) is 5.81. The first-order chi connectivity index (χ1) is 8.67. The molecule has 1 heterocycles. The molecule has 0 aliphatic rings. The molecule has 0 bridgehead atoms. The van der Waals surface area contributed by atoms with Crippen molar-refractivity contribution >= 4 is 11.6 Å². The van der Waals surface area contributed by atoms with Crippen molar-refractivity contribution in [2.45, 2.75) is 19.5 Å². The van der Waals surface area contributed by atoms with E-state index in [4.69, 9.17) is 11.6 Å². The largest absolute Gasteiger partial charge is 0.308 e. The van der Waals surface area contributed by atoms with Gasteiger partial charge in [0, 0.05) is 6.54 Å². The van der Waals surface area contributed by atoms with Crippen molar-refractivity contribution in [1.82, 2.24) is 15.1 Å². The summed E-state index contributed by atoms with van der Waals surface area (Å²) < 4.78 is 14.8. The van der Waals surface area contributed by atoms with Crippen LogP contribution in [0.1, 0.15) is 24.2 Å². The molecule has 2 rings (SSSR count). The highest BCUT2D eigenvalue weighted by atomic mass is 35.5. The molecule has 0 aliphatic carbocycles. The maximum Gasteiger partial charge on any atom is 0.123 e. The molecule has 2 aromatic rings. The van der Waals surface area contributed by atoms with Crippen LogP contribution < -0.4 is 5.32 Å². The van der Waals surface area contributed by atoms with Gasteiger partial charge in [-0.15, -0.1) is 0 Å². The zero-order valence-electron chi connectivity index (χ0n) is 10.3. The fraction of sp³-hybridized carbons (Fsp3) is 0.308. The molecular weight excluding hydrogens is 253 g/mol. The molecule has 0 fully saturated rings. The van der Waals surface area contributed by atoms with Crippen molar-refractivity contribution in [3.05, 3.63) is 52.6 Å². The summed E-state index contributed by atoms with van der Waals surface area (Å²) in [6, 6.07) is 6.29. The van der Waals surface area contributed by atoms with Crippen LogP contribution >= 0.6 is 11.6 Å². The number of rotatable bonds is 4. The SMILES string of the molecule is CCn1ncc(Cl)c1C(NC)c1ccc(F)cc1. The average Bonchev–Trinajstić information content (AvgIpc) is 2.74. The number of nitrogens with one attached hydrogen (secondary N) is 1. The van der Waals surface area contributed by atoms with E-state index >= 15 is 0 Å². The van der Waals surface area contributed by atoms with Crippen LogP contribution in [0.15, 0.2) is 30.5 Å². The standard InChI is InChI=1S/C13H15ClFN3/c1-3-18-13(11(14)8-17-18)12(16-2)9-4-6-10(15)7-5-9/h4-8,12,16H,3H2,1-2H3. The van der Waals surface area contributed by atoms with Gasteiger partial charge in [0.2, 0.25) is 0 Å². The summed E-state index contributed by atoms with van der Waals surface area (Å²) >= 11 is 6.18. The van der Waals surface area contributed by atoms with Gasteiger partial charge in [0.1, 0.15) is 5.82 Å². The highest BCUT2D eigenvalue weighted by Crippen LogP contribution is 2.28. The third kappa shape index (κ3) is 2.40. The van der Waals surface area contributed by atoms with Crippen LogP contribution in [-0.2, 0) is 6.54 Å². The van der Waals surface area contributed by atoms with E-state index in [1.54, 1.807) is 18.3 Å². The van der Waals surface area contributed by atoms with Gasteiger partial charge >= 0.3 is 0 Å². The molecule has 3 nitrogen and oxygen atoms in total. The zero-order chi connectivity index (χ0) is 13.1. The third-order valence-electron chi connectivity index (χ3n) is 2.90. The van der Waals surface area contributed by atoms with Crippen molar-refractivity contribution < 1.29 is 4.39 Å². The van der Waals surface area contributed by atoms with Gasteiger partial charge in [-0.1, -0.05) is 23.7 Å². The van der Waals surface area contributed by atoms with Gasteiger partial charge < -0.3 is 5.32 Å². The Morgan fingerprint density at radius 3 is 2.61 bits per heavy atom. The monoisotopic (exact) mass is 267 g/mol. The molecule has 96 valence electrons. The van der Waals surface area contributed by atoms with E-state index in [1.165, 1.54) is 12.1 Å². The highest BCUT2D eigenvalue weighted by molar-refractivity contribution is 6.31. The lowest BCUT2D eigenvalue weighted by molar-refractivity contribution is 0.562. The molecule has 0 spiro atoms. The van der Waals surface area contributed by atoms with Crippen LogP contribution in [0.3, 0.4) is 0 Å². The molecule has 0 saturated carbocycles. The topological polar surface area (TPSA) is 29.9 Å². The normalized spacial score (nSPS) is 12.7. The van der Waals surface area contributed by atoms with Gasteiger partial charge in [0.25, 0.3) is 0 Å². The zero-order valence-corrected chi connectivity index (χ0v) is 11.1. The smallest absolute Gasteiger partial charge is 0.123 e. The Balaban J connectivity index is 2.44. The molecule has 0 aliphatic heterocycles. The molecule has 18 heavy (non-hydrogen) atoms. The Morgan fingerprint density at radius 2 is 2.06 bits per heavy atom. The van der Waals surface area contributed by atoms with Gasteiger partial charge in [-0.3, -0.25) is 4.68 Å². The summed E-state index contributed by atoms with van der Waals surface area (Å²) in [5, 5.41) is 8.02. The Morgan fingerprint density at radius 1 is 1.39 bits per heavy atom. The summed E-state index contributed by atoms with van der Waals surface area (Å²) in [4.78, 5) is 0. The van der Waals surface area contributed by atoms with Gasteiger partial charge in [-0.05, 0) is 31.7 Å². The van der Waals surface area contributed by atoms with Gasteiger partial charge in [0.15, 0.2) is 0 Å². The Kier molecular flexibility index (Phi) is 3.99. The fourth-order valence-electron chi connectivity index (χ4n) is 2.03. The molecule has 1 atom stereocenters. The number of aryl methyl sites for hydroxylation is 1. The van der Waals surface area contributed by atoms with Crippen LogP contribution in [0.2, 0.25) is 5.02 Å². The second-order valence-electron chi connectivity index (χ2n) is 3.97. The first kappa shape index (κ1) is 13.1. The summed E-state index contributed by atoms with van der Waals surface area (Å²) in [5.41, 5.74) is 1.85. The van der Waals surface area contributed by atoms with Crippen molar-refractivity contribution in [2.75, 3.05) is 7.05 Å². The lowest BCUT2D eigenvalue weighted by Crippen LogP contribution is -2.21. The fourth-order valence-corrected chi connectivity index (χ4v) is 2.28. The van der Waals surface area contributed by atoms with E-state index in [-0.39, 0.29) is 11.9 Å². The van der Waals surface area contributed by atoms with E-state index < -0.39 is 0 Å². The quantitative estimate of drug-likeness (QED) is 0.923. The van der Waals surface area contributed by atoms with Crippen LogP contribution in [0.4, 0.5) is 4.39 Å². The summed E-state index contributed by atoms with van der Waals surface area (Å²) in [5.74, 6) is -0.247. The number of hydrogen-bond acceptors (Lipinski definition) is 2. The minimum absolute atomic E-state index is 0.0967. The van der Waals surface area contributed by atoms with Crippen molar-refractivity contribution in [3.8, 4) is 0 Å². The summed E-state index contributed by atoms with van der Waals surface area (Å²) in [6.45, 7) is 2.74. The van der Waals surface area contributed by atoms with Crippen LogP contribution in [0, 0.1) is 5.82 Å². The van der Waals surface area contributed by atoms with E-state index in [9.17, 15) is 4.39 Å². The van der Waals surface area contributed by atoms with Gasteiger partial charge in [0.05, 0.1) is 23.0 Å². The maximum atomic E-state index is 13.0. The molecule has 0 amide bonds. The lowest BCUT2D eigenvalue weighted by Gasteiger charge is -2.18. The number of benzene rings is 1. The maximum absolute atomic E-state index is 13.0. The Bertz CT molecular complexity index is 522. The predicted octanol–water partition coefficient (Wildman–Crippen LogP) is 3.00. The molecular formula is C13H15ClFN3. The van der Waals surface area contributed by atoms with Gasteiger partial charge in [-0.2, -0.15) is 5.10 Å². The second-order valence-corrected chi connectivity index (χ2v) is 4.37. The average molecular weight is 268 g/mol. The Hall–Kier alpha value is -1.39. The number of hydrogen-bond donors (Lipinski definition) is 1. The van der Waals surface area contributed by atoms with E-state index in [1.807, 2.05) is 18.7 Å². The molecule has 1 unspecified atom stereocenters. The first-order valence-corrected chi connectivity index (χ1v) is 6.19. The predicted molar refractivity (Wildman–Crippen MR) is 70.2 cm³/mol. The van der Waals surface area contributed by atoms with Gasteiger partial charge in [-0.25, -0.2) is 4.39 Å². The van der Waals surface area contributed by atoms with Crippen LogP contribution in [0.25, 0.3) is 0 Å². The molecule has 5 heteroatoms.